The fraction of sp³-hybridized carbons (Fsp3) is 0.235. The van der Waals surface area contributed by atoms with Crippen molar-refractivity contribution in [3.8, 4) is 11.5 Å². The third-order valence-electron chi connectivity index (χ3n) is 4.32. The molecular weight excluding hydrogens is 385 g/mol. The zero-order valence-electron chi connectivity index (χ0n) is 13.7. The van der Waals surface area contributed by atoms with Gasteiger partial charge in [0.1, 0.15) is 18.3 Å². The lowest BCUT2D eigenvalue weighted by atomic mass is 10.0. The number of aliphatic hydroxyl groups is 1. The van der Waals surface area contributed by atoms with Gasteiger partial charge in [-0.3, -0.25) is 15.1 Å². The molecule has 0 bridgehead atoms. The number of fused-ring (bicyclic) bond motifs is 2. The molecule has 4 rings (SSSR count). The summed E-state index contributed by atoms with van der Waals surface area (Å²) in [6.07, 6.45) is -6.82. The van der Waals surface area contributed by atoms with Crippen LogP contribution in [0.1, 0.15) is 5.56 Å². The summed E-state index contributed by atoms with van der Waals surface area (Å²) in [6.45, 7) is 0. The van der Waals surface area contributed by atoms with E-state index in [1.807, 2.05) is 0 Å². The zero-order chi connectivity index (χ0) is 20.2. The Bertz CT molecular complexity index is 1040. The highest BCUT2D eigenvalue weighted by Gasteiger charge is 2.53. The van der Waals surface area contributed by atoms with Gasteiger partial charge in [-0.25, -0.2) is 4.79 Å². The summed E-state index contributed by atoms with van der Waals surface area (Å²) in [5.41, 5.74) is -1.71. The molecule has 0 saturated carbocycles. The van der Waals surface area contributed by atoms with E-state index in [1.165, 1.54) is 6.07 Å². The van der Waals surface area contributed by atoms with Gasteiger partial charge in [0.15, 0.2) is 17.3 Å². The van der Waals surface area contributed by atoms with Gasteiger partial charge in [0, 0.05) is 11.5 Å². The number of epoxide rings is 1. The average molecular weight is 396 g/mol. The van der Waals surface area contributed by atoms with E-state index in [0.717, 1.165) is 24.4 Å². The molecule has 2 aliphatic rings. The Morgan fingerprint density at radius 1 is 1.32 bits per heavy atom. The molecule has 2 heterocycles. The largest absolute Gasteiger partial charge is 0.504 e. The van der Waals surface area contributed by atoms with Crippen LogP contribution in [-0.4, -0.2) is 45.4 Å². The Kier molecular flexibility index (Phi) is 4.01. The minimum atomic E-state index is -4.68. The normalized spacial score (nSPS) is 23.8. The second-order valence-corrected chi connectivity index (χ2v) is 6.15. The summed E-state index contributed by atoms with van der Waals surface area (Å²) in [6, 6.07) is 3.08. The SMILES string of the molecule is O=C(NC1=CC(=O)C2OC2C1O)Oc1cnc2c(C(F)(F)F)cccc2c1O. The van der Waals surface area contributed by atoms with Crippen LogP contribution in [0.4, 0.5) is 18.0 Å². The lowest BCUT2D eigenvalue weighted by Gasteiger charge is -2.17. The number of benzene rings is 1. The molecule has 146 valence electrons. The number of aromatic nitrogens is 1. The predicted octanol–water partition coefficient (Wildman–Crippen LogP) is 1.64. The lowest BCUT2D eigenvalue weighted by molar-refractivity contribution is -0.136. The summed E-state index contributed by atoms with van der Waals surface area (Å²) >= 11 is 0. The lowest BCUT2D eigenvalue weighted by Crippen LogP contribution is -2.38. The highest BCUT2D eigenvalue weighted by atomic mass is 19.4. The van der Waals surface area contributed by atoms with Crippen molar-refractivity contribution in [3.05, 3.63) is 41.7 Å². The van der Waals surface area contributed by atoms with Gasteiger partial charge in [0.25, 0.3) is 0 Å². The summed E-state index contributed by atoms with van der Waals surface area (Å²) in [5.74, 6) is -1.64. The molecule has 3 N–H and O–H groups in total. The first kappa shape index (κ1) is 18.2. The summed E-state index contributed by atoms with van der Waals surface area (Å²) < 4.78 is 48.9. The molecule has 8 nitrogen and oxygen atoms in total. The molecule has 0 radical (unpaired) electrons. The maximum absolute atomic E-state index is 13.0. The number of ketones is 1. The molecule has 1 aromatic heterocycles. The molecule has 1 saturated heterocycles. The van der Waals surface area contributed by atoms with Crippen molar-refractivity contribution in [2.24, 2.45) is 0 Å². The standard InChI is InChI=1S/C17H11F3N2O6/c18-17(19,20)7-3-1-2-6-11(7)21-5-10(12(6)24)27-16(26)22-8-4-9(23)14-15(28-14)13(8)25/h1-5,13-15,25H,(H,21,24)(H,22,26). The van der Waals surface area contributed by atoms with Crippen molar-refractivity contribution in [3.63, 3.8) is 0 Å². The number of amides is 1. The van der Waals surface area contributed by atoms with E-state index in [0.29, 0.717) is 0 Å². The minimum absolute atomic E-state index is 0.152. The smallest absolute Gasteiger partial charge is 0.418 e. The molecule has 1 aromatic carbocycles. The molecule has 3 atom stereocenters. The van der Waals surface area contributed by atoms with Crippen LogP contribution in [-0.2, 0) is 15.7 Å². The van der Waals surface area contributed by atoms with E-state index in [1.54, 1.807) is 0 Å². The Balaban J connectivity index is 1.57. The van der Waals surface area contributed by atoms with Crippen LogP contribution in [0, 0.1) is 0 Å². The molecule has 0 spiro atoms. The first-order valence-corrected chi connectivity index (χ1v) is 7.92. The van der Waals surface area contributed by atoms with Gasteiger partial charge in [-0.05, 0) is 12.1 Å². The topological polar surface area (TPSA) is 121 Å². The van der Waals surface area contributed by atoms with E-state index in [-0.39, 0.29) is 11.1 Å². The zero-order valence-corrected chi connectivity index (χ0v) is 13.7. The molecule has 3 unspecified atom stereocenters. The van der Waals surface area contributed by atoms with Crippen LogP contribution in [0.5, 0.6) is 11.5 Å². The van der Waals surface area contributed by atoms with Crippen LogP contribution in [0.3, 0.4) is 0 Å². The Hall–Kier alpha value is -3.18. The van der Waals surface area contributed by atoms with Crippen LogP contribution in [0.2, 0.25) is 0 Å². The van der Waals surface area contributed by atoms with Gasteiger partial charge < -0.3 is 19.7 Å². The number of aliphatic hydroxyl groups excluding tert-OH is 1. The molecule has 1 aliphatic carbocycles. The van der Waals surface area contributed by atoms with E-state index >= 15 is 0 Å². The van der Waals surface area contributed by atoms with Gasteiger partial charge in [-0.1, -0.05) is 6.07 Å². The number of carbonyl (C=O) groups excluding carboxylic acids is 2. The Morgan fingerprint density at radius 3 is 2.79 bits per heavy atom. The van der Waals surface area contributed by atoms with Crippen molar-refractivity contribution in [2.45, 2.75) is 24.5 Å². The average Bonchev–Trinajstić information content (AvgIpc) is 3.42. The number of hydrogen-bond donors (Lipinski definition) is 3. The number of ether oxygens (including phenoxy) is 2. The Morgan fingerprint density at radius 2 is 2.07 bits per heavy atom. The number of nitrogens with one attached hydrogen (secondary N) is 1. The highest BCUT2D eigenvalue weighted by molar-refractivity contribution is 5.98. The van der Waals surface area contributed by atoms with Crippen LogP contribution in [0.15, 0.2) is 36.2 Å². The number of para-hydroxylation sites is 1. The van der Waals surface area contributed by atoms with Gasteiger partial charge >= 0.3 is 12.3 Å². The molecule has 28 heavy (non-hydrogen) atoms. The number of pyridine rings is 1. The third kappa shape index (κ3) is 3.04. The minimum Gasteiger partial charge on any atom is -0.504 e. The summed E-state index contributed by atoms with van der Waals surface area (Å²) in [4.78, 5) is 27.2. The molecule has 1 fully saturated rings. The first-order chi connectivity index (χ1) is 13.2. The number of hydrogen-bond acceptors (Lipinski definition) is 7. The van der Waals surface area contributed by atoms with Crippen molar-refractivity contribution in [1.82, 2.24) is 10.3 Å². The summed E-state index contributed by atoms with van der Waals surface area (Å²) in [5, 5.41) is 22.0. The number of nitrogens with zero attached hydrogens (tertiary/aromatic N) is 1. The van der Waals surface area contributed by atoms with Gasteiger partial charge in [-0.15, -0.1) is 0 Å². The van der Waals surface area contributed by atoms with Crippen molar-refractivity contribution in [2.75, 3.05) is 0 Å². The van der Waals surface area contributed by atoms with Crippen LogP contribution in [0.25, 0.3) is 10.9 Å². The van der Waals surface area contributed by atoms with Crippen LogP contribution >= 0.6 is 0 Å². The fourth-order valence-electron chi connectivity index (χ4n) is 2.94. The van der Waals surface area contributed by atoms with Crippen molar-refractivity contribution < 1.29 is 42.4 Å². The molecule has 2 aromatic rings. The second-order valence-electron chi connectivity index (χ2n) is 6.15. The number of halogens is 3. The van der Waals surface area contributed by atoms with E-state index in [4.69, 9.17) is 9.47 Å². The van der Waals surface area contributed by atoms with Gasteiger partial charge in [-0.2, -0.15) is 13.2 Å². The van der Waals surface area contributed by atoms with E-state index in [9.17, 15) is 33.0 Å². The van der Waals surface area contributed by atoms with Crippen LogP contribution < -0.4 is 10.1 Å². The quantitative estimate of drug-likeness (QED) is 0.660. The number of alkyl halides is 3. The van der Waals surface area contributed by atoms with Gasteiger partial charge in [0.05, 0.1) is 23.0 Å². The van der Waals surface area contributed by atoms with E-state index in [2.05, 4.69) is 10.3 Å². The fourth-order valence-corrected chi connectivity index (χ4v) is 2.94. The maximum atomic E-state index is 13.0. The predicted molar refractivity (Wildman–Crippen MR) is 85.3 cm³/mol. The van der Waals surface area contributed by atoms with Crippen molar-refractivity contribution in [1.29, 1.82) is 0 Å². The first-order valence-electron chi connectivity index (χ1n) is 7.92. The monoisotopic (exact) mass is 396 g/mol. The second kappa shape index (κ2) is 6.17. The Labute approximate surface area is 154 Å². The molecule has 1 amide bonds. The molecule has 1 aliphatic heterocycles. The van der Waals surface area contributed by atoms with Gasteiger partial charge in [0.2, 0.25) is 0 Å². The summed E-state index contributed by atoms with van der Waals surface area (Å²) in [7, 11) is 0. The highest BCUT2D eigenvalue weighted by Crippen LogP contribution is 2.39. The third-order valence-corrected chi connectivity index (χ3v) is 4.32. The number of rotatable bonds is 2. The van der Waals surface area contributed by atoms with E-state index < -0.39 is 58.9 Å². The number of aromatic hydroxyl groups is 1. The molecule has 11 heteroatoms. The van der Waals surface area contributed by atoms with Crippen molar-refractivity contribution >= 4 is 22.8 Å². The maximum Gasteiger partial charge on any atom is 0.418 e. The molecular formula is C17H11F3N2O6. The number of carbonyl (C=O) groups is 2.